The summed E-state index contributed by atoms with van der Waals surface area (Å²) in [5.74, 6) is -0.168. The fourth-order valence-electron chi connectivity index (χ4n) is 1.58. The van der Waals surface area contributed by atoms with Crippen LogP contribution in [0, 0.1) is 0 Å². The highest BCUT2D eigenvalue weighted by Crippen LogP contribution is 2.21. The minimum absolute atomic E-state index is 0.168. The SMILES string of the molecule is CC1(O)CN(C(=O)c2ccc(Cl)cn2)C1. The van der Waals surface area contributed by atoms with Gasteiger partial charge in [0.2, 0.25) is 0 Å². The Morgan fingerprint density at radius 2 is 2.27 bits per heavy atom. The lowest BCUT2D eigenvalue weighted by Crippen LogP contribution is -2.61. The Morgan fingerprint density at radius 1 is 1.60 bits per heavy atom. The molecule has 0 aromatic carbocycles. The van der Waals surface area contributed by atoms with Gasteiger partial charge in [0, 0.05) is 6.20 Å². The van der Waals surface area contributed by atoms with Gasteiger partial charge in [-0.15, -0.1) is 0 Å². The van der Waals surface area contributed by atoms with Gasteiger partial charge in [0.15, 0.2) is 0 Å². The molecule has 1 saturated heterocycles. The van der Waals surface area contributed by atoms with Crippen molar-refractivity contribution in [3.05, 3.63) is 29.0 Å². The first kappa shape index (κ1) is 10.4. The van der Waals surface area contributed by atoms with Crippen molar-refractivity contribution in [2.45, 2.75) is 12.5 Å². The molecular weight excluding hydrogens is 216 g/mol. The van der Waals surface area contributed by atoms with Crippen molar-refractivity contribution in [1.29, 1.82) is 0 Å². The third kappa shape index (κ3) is 2.11. The van der Waals surface area contributed by atoms with Crippen LogP contribution in [0.3, 0.4) is 0 Å². The van der Waals surface area contributed by atoms with Crippen LogP contribution in [0.4, 0.5) is 0 Å². The Balaban J connectivity index is 2.07. The lowest BCUT2D eigenvalue weighted by Gasteiger charge is -2.43. The highest BCUT2D eigenvalue weighted by atomic mass is 35.5. The molecule has 2 rings (SSSR count). The predicted octanol–water partition coefficient (Wildman–Crippen LogP) is 0.942. The third-order valence-corrected chi connectivity index (χ3v) is 2.52. The molecule has 1 aliphatic rings. The van der Waals surface area contributed by atoms with Crippen molar-refractivity contribution in [3.63, 3.8) is 0 Å². The number of pyridine rings is 1. The zero-order valence-corrected chi connectivity index (χ0v) is 9.03. The number of nitrogens with zero attached hydrogens (tertiary/aromatic N) is 2. The van der Waals surface area contributed by atoms with E-state index in [1.807, 2.05) is 0 Å². The van der Waals surface area contributed by atoms with E-state index in [0.717, 1.165) is 0 Å². The molecule has 80 valence electrons. The molecule has 4 nitrogen and oxygen atoms in total. The van der Waals surface area contributed by atoms with Crippen LogP contribution in [0.1, 0.15) is 17.4 Å². The van der Waals surface area contributed by atoms with Gasteiger partial charge in [-0.3, -0.25) is 4.79 Å². The van der Waals surface area contributed by atoms with Gasteiger partial charge in [-0.2, -0.15) is 0 Å². The van der Waals surface area contributed by atoms with Gasteiger partial charge in [-0.05, 0) is 19.1 Å². The second-order valence-electron chi connectivity index (χ2n) is 4.02. The number of aromatic nitrogens is 1. The number of β-amino-alcohol motifs (C(OH)–C–C–N with tert-alkyl or cyclic N) is 1. The average Bonchev–Trinajstić information content (AvgIpc) is 2.14. The molecule has 1 fully saturated rings. The monoisotopic (exact) mass is 226 g/mol. The molecule has 0 unspecified atom stereocenters. The summed E-state index contributed by atoms with van der Waals surface area (Å²) in [6, 6.07) is 3.21. The quantitative estimate of drug-likeness (QED) is 0.776. The zero-order chi connectivity index (χ0) is 11.1. The Kier molecular flexibility index (Phi) is 2.40. The highest BCUT2D eigenvalue weighted by Gasteiger charge is 2.39. The highest BCUT2D eigenvalue weighted by molar-refractivity contribution is 6.30. The molecular formula is C10H11ClN2O2. The van der Waals surface area contributed by atoms with Crippen LogP contribution in [0.2, 0.25) is 5.02 Å². The van der Waals surface area contributed by atoms with Crippen molar-refractivity contribution in [1.82, 2.24) is 9.88 Å². The number of halogens is 1. The second kappa shape index (κ2) is 3.47. The fourth-order valence-corrected chi connectivity index (χ4v) is 1.70. The van der Waals surface area contributed by atoms with Crippen LogP contribution in [0.25, 0.3) is 0 Å². The van der Waals surface area contributed by atoms with Crippen molar-refractivity contribution >= 4 is 17.5 Å². The van der Waals surface area contributed by atoms with Crippen molar-refractivity contribution in [3.8, 4) is 0 Å². The zero-order valence-electron chi connectivity index (χ0n) is 8.27. The van der Waals surface area contributed by atoms with Gasteiger partial charge in [-0.1, -0.05) is 11.6 Å². The van der Waals surface area contributed by atoms with E-state index in [4.69, 9.17) is 11.6 Å². The topological polar surface area (TPSA) is 53.4 Å². The smallest absolute Gasteiger partial charge is 0.272 e. The van der Waals surface area contributed by atoms with E-state index in [1.165, 1.54) is 6.20 Å². The number of hydrogen-bond acceptors (Lipinski definition) is 3. The number of amides is 1. The Hall–Kier alpha value is -1.13. The molecule has 1 aromatic heterocycles. The van der Waals surface area contributed by atoms with E-state index in [1.54, 1.807) is 24.0 Å². The summed E-state index contributed by atoms with van der Waals surface area (Å²) >= 11 is 5.66. The molecule has 1 amide bonds. The standard InChI is InChI=1S/C10H11ClN2O2/c1-10(15)5-13(6-10)9(14)8-3-2-7(11)4-12-8/h2-4,15H,5-6H2,1H3. The minimum Gasteiger partial charge on any atom is -0.386 e. The van der Waals surface area contributed by atoms with Gasteiger partial charge >= 0.3 is 0 Å². The summed E-state index contributed by atoms with van der Waals surface area (Å²) in [5.41, 5.74) is -0.392. The van der Waals surface area contributed by atoms with Crippen LogP contribution in [-0.4, -0.2) is 39.6 Å². The van der Waals surface area contributed by atoms with Gasteiger partial charge in [-0.25, -0.2) is 4.98 Å². The van der Waals surface area contributed by atoms with Gasteiger partial charge in [0.05, 0.1) is 23.7 Å². The molecule has 1 N–H and O–H groups in total. The molecule has 1 aromatic rings. The third-order valence-electron chi connectivity index (χ3n) is 2.30. The summed E-state index contributed by atoms with van der Waals surface area (Å²) in [5, 5.41) is 9.99. The van der Waals surface area contributed by atoms with Gasteiger partial charge < -0.3 is 10.0 Å². The Labute approximate surface area is 92.5 Å². The van der Waals surface area contributed by atoms with Crippen molar-refractivity contribution < 1.29 is 9.90 Å². The summed E-state index contributed by atoms with van der Waals surface area (Å²) in [7, 11) is 0. The molecule has 0 radical (unpaired) electrons. The first-order valence-electron chi connectivity index (χ1n) is 4.61. The average molecular weight is 227 g/mol. The molecule has 0 saturated carbocycles. The van der Waals surface area contributed by atoms with E-state index < -0.39 is 5.60 Å². The first-order chi connectivity index (χ1) is 6.98. The summed E-state index contributed by atoms with van der Waals surface area (Å²) in [4.78, 5) is 17.2. The number of likely N-dealkylation sites (tertiary alicyclic amines) is 1. The van der Waals surface area contributed by atoms with Crippen LogP contribution in [0.5, 0.6) is 0 Å². The van der Waals surface area contributed by atoms with E-state index >= 15 is 0 Å². The molecule has 2 heterocycles. The predicted molar refractivity (Wildman–Crippen MR) is 55.8 cm³/mol. The molecule has 15 heavy (non-hydrogen) atoms. The van der Waals surface area contributed by atoms with Crippen molar-refractivity contribution in [2.24, 2.45) is 0 Å². The molecule has 0 atom stereocenters. The number of carbonyl (C=O) groups excluding carboxylic acids is 1. The van der Waals surface area contributed by atoms with E-state index in [-0.39, 0.29) is 5.91 Å². The molecule has 0 spiro atoms. The lowest BCUT2D eigenvalue weighted by molar-refractivity contribution is -0.0670. The fraction of sp³-hybridized carbons (Fsp3) is 0.400. The Morgan fingerprint density at radius 3 is 2.73 bits per heavy atom. The number of aliphatic hydroxyl groups is 1. The maximum Gasteiger partial charge on any atom is 0.272 e. The van der Waals surface area contributed by atoms with Gasteiger partial charge in [0.1, 0.15) is 5.69 Å². The van der Waals surface area contributed by atoms with E-state index in [2.05, 4.69) is 4.98 Å². The molecule has 1 aliphatic heterocycles. The van der Waals surface area contributed by atoms with E-state index in [9.17, 15) is 9.90 Å². The van der Waals surface area contributed by atoms with Crippen LogP contribution in [-0.2, 0) is 0 Å². The van der Waals surface area contributed by atoms with Crippen LogP contribution in [0.15, 0.2) is 18.3 Å². The summed E-state index contributed by atoms with van der Waals surface area (Å²) in [6.45, 7) is 2.42. The first-order valence-corrected chi connectivity index (χ1v) is 4.99. The lowest BCUT2D eigenvalue weighted by atomic mass is 9.96. The van der Waals surface area contributed by atoms with Gasteiger partial charge in [0.25, 0.3) is 5.91 Å². The van der Waals surface area contributed by atoms with Crippen LogP contribution < -0.4 is 0 Å². The molecule has 0 bridgehead atoms. The van der Waals surface area contributed by atoms with E-state index in [0.29, 0.717) is 23.8 Å². The molecule has 0 aliphatic carbocycles. The van der Waals surface area contributed by atoms with Crippen molar-refractivity contribution in [2.75, 3.05) is 13.1 Å². The normalized spacial score (nSPS) is 18.5. The van der Waals surface area contributed by atoms with Crippen LogP contribution >= 0.6 is 11.6 Å². The number of rotatable bonds is 1. The summed E-state index contributed by atoms with van der Waals surface area (Å²) in [6.07, 6.45) is 1.44. The maximum atomic E-state index is 11.7. The number of carbonyl (C=O) groups is 1. The largest absolute Gasteiger partial charge is 0.386 e. The number of hydrogen-bond donors (Lipinski definition) is 1. The second-order valence-corrected chi connectivity index (χ2v) is 4.46. The molecule has 5 heteroatoms. The maximum absolute atomic E-state index is 11.7. The Bertz CT molecular complexity index is 381. The summed E-state index contributed by atoms with van der Waals surface area (Å²) < 4.78 is 0. The minimum atomic E-state index is -0.748.